The standard InChI is InChI=1S/C14H25NS/c1-16-8-13(15)7-14-11-3-9-2-10(5-11)6-12(14)4-9/h9-14H,2-8,15H2,1H3. The highest BCUT2D eigenvalue weighted by Crippen LogP contribution is 2.57. The lowest BCUT2D eigenvalue weighted by atomic mass is 9.51. The summed E-state index contributed by atoms with van der Waals surface area (Å²) in [5.41, 5.74) is 6.24. The molecule has 0 radical (unpaired) electrons. The minimum atomic E-state index is 0.456. The fraction of sp³-hybridized carbons (Fsp3) is 1.00. The number of nitrogens with two attached hydrogens (primary N) is 1. The Balaban J connectivity index is 1.63. The lowest BCUT2D eigenvalue weighted by molar-refractivity contribution is -0.0412. The monoisotopic (exact) mass is 239 g/mol. The van der Waals surface area contributed by atoms with Crippen LogP contribution < -0.4 is 5.73 Å². The van der Waals surface area contributed by atoms with Gasteiger partial charge in [-0.2, -0.15) is 11.8 Å². The molecule has 0 aliphatic heterocycles. The maximum absolute atomic E-state index is 6.24. The molecule has 0 aromatic heterocycles. The van der Waals surface area contributed by atoms with E-state index in [4.69, 9.17) is 5.73 Å². The highest BCUT2D eigenvalue weighted by Gasteiger charge is 2.48. The number of thioether (sulfide) groups is 1. The van der Waals surface area contributed by atoms with Gasteiger partial charge in [-0.3, -0.25) is 0 Å². The van der Waals surface area contributed by atoms with E-state index in [1.54, 1.807) is 32.1 Å². The van der Waals surface area contributed by atoms with Gasteiger partial charge in [-0.15, -0.1) is 0 Å². The Morgan fingerprint density at radius 2 is 1.62 bits per heavy atom. The topological polar surface area (TPSA) is 26.0 Å². The molecule has 0 aromatic rings. The molecule has 0 amide bonds. The molecule has 1 atom stereocenters. The number of hydrogen-bond acceptors (Lipinski definition) is 2. The van der Waals surface area contributed by atoms with Crippen LogP contribution in [0.3, 0.4) is 0 Å². The third kappa shape index (κ3) is 2.03. The summed E-state index contributed by atoms with van der Waals surface area (Å²) in [6.45, 7) is 0. The zero-order chi connectivity index (χ0) is 11.1. The van der Waals surface area contributed by atoms with Crippen molar-refractivity contribution in [2.45, 2.75) is 44.6 Å². The van der Waals surface area contributed by atoms with Crippen LogP contribution in [0.1, 0.15) is 38.5 Å². The van der Waals surface area contributed by atoms with Crippen LogP contribution in [0.2, 0.25) is 0 Å². The molecule has 0 heterocycles. The predicted molar refractivity (Wildman–Crippen MR) is 71.5 cm³/mol. The minimum Gasteiger partial charge on any atom is -0.327 e. The number of rotatable bonds is 4. The molecule has 4 aliphatic rings. The van der Waals surface area contributed by atoms with Gasteiger partial charge in [-0.1, -0.05) is 0 Å². The Kier molecular flexibility index (Phi) is 3.23. The van der Waals surface area contributed by atoms with E-state index in [0.717, 1.165) is 35.3 Å². The van der Waals surface area contributed by atoms with Crippen LogP contribution in [0.5, 0.6) is 0 Å². The van der Waals surface area contributed by atoms with E-state index in [9.17, 15) is 0 Å². The van der Waals surface area contributed by atoms with Gasteiger partial charge in [0.25, 0.3) is 0 Å². The van der Waals surface area contributed by atoms with Gasteiger partial charge < -0.3 is 5.73 Å². The van der Waals surface area contributed by atoms with Crippen molar-refractivity contribution in [3.63, 3.8) is 0 Å². The summed E-state index contributed by atoms with van der Waals surface area (Å²) in [6.07, 6.45) is 11.2. The molecule has 4 bridgehead atoms. The average Bonchev–Trinajstić information content (AvgIpc) is 2.23. The van der Waals surface area contributed by atoms with Crippen LogP contribution in [-0.4, -0.2) is 18.1 Å². The number of hydrogen-bond donors (Lipinski definition) is 1. The van der Waals surface area contributed by atoms with Gasteiger partial charge in [0.1, 0.15) is 0 Å². The fourth-order valence-corrected chi connectivity index (χ4v) is 5.62. The summed E-state index contributed by atoms with van der Waals surface area (Å²) in [4.78, 5) is 0. The van der Waals surface area contributed by atoms with Crippen molar-refractivity contribution in [3.8, 4) is 0 Å². The molecule has 4 saturated carbocycles. The summed E-state index contributed by atoms with van der Waals surface area (Å²) in [5, 5.41) is 0. The summed E-state index contributed by atoms with van der Waals surface area (Å²) < 4.78 is 0. The maximum Gasteiger partial charge on any atom is 0.0133 e. The molecule has 0 saturated heterocycles. The molecular formula is C14H25NS. The zero-order valence-electron chi connectivity index (χ0n) is 10.4. The fourth-order valence-electron chi connectivity index (χ4n) is 5.05. The lowest BCUT2D eigenvalue weighted by Crippen LogP contribution is -2.47. The molecule has 0 aromatic carbocycles. The van der Waals surface area contributed by atoms with Crippen molar-refractivity contribution >= 4 is 11.8 Å². The van der Waals surface area contributed by atoms with Crippen molar-refractivity contribution in [2.24, 2.45) is 35.3 Å². The predicted octanol–water partition coefficient (Wildman–Crippen LogP) is 3.14. The summed E-state index contributed by atoms with van der Waals surface area (Å²) in [6, 6.07) is 0.456. The summed E-state index contributed by atoms with van der Waals surface area (Å²) >= 11 is 1.91. The maximum atomic E-state index is 6.24. The highest BCUT2D eigenvalue weighted by molar-refractivity contribution is 7.98. The molecule has 16 heavy (non-hydrogen) atoms. The lowest BCUT2D eigenvalue weighted by Gasteiger charge is -2.55. The first-order chi connectivity index (χ1) is 7.76. The smallest absolute Gasteiger partial charge is 0.0133 e. The molecule has 0 spiro atoms. The third-order valence-electron chi connectivity index (χ3n) is 5.38. The van der Waals surface area contributed by atoms with Crippen LogP contribution in [0.25, 0.3) is 0 Å². The van der Waals surface area contributed by atoms with Crippen molar-refractivity contribution < 1.29 is 0 Å². The molecule has 4 rings (SSSR count). The van der Waals surface area contributed by atoms with Gasteiger partial charge in [-0.25, -0.2) is 0 Å². The largest absolute Gasteiger partial charge is 0.327 e. The summed E-state index contributed by atoms with van der Waals surface area (Å²) in [7, 11) is 0. The van der Waals surface area contributed by atoms with Crippen LogP contribution in [0, 0.1) is 29.6 Å². The second-order valence-electron chi connectivity index (χ2n) is 6.55. The average molecular weight is 239 g/mol. The van der Waals surface area contributed by atoms with E-state index in [1.807, 2.05) is 11.8 Å². The van der Waals surface area contributed by atoms with Crippen LogP contribution in [-0.2, 0) is 0 Å². The van der Waals surface area contributed by atoms with Crippen LogP contribution >= 0.6 is 11.8 Å². The normalized spacial score (nSPS) is 47.2. The first-order valence-electron chi connectivity index (χ1n) is 7.00. The van der Waals surface area contributed by atoms with Gasteiger partial charge in [-0.05, 0) is 74.4 Å². The van der Waals surface area contributed by atoms with Crippen molar-refractivity contribution in [1.82, 2.24) is 0 Å². The minimum absolute atomic E-state index is 0.456. The van der Waals surface area contributed by atoms with Gasteiger partial charge in [0.05, 0.1) is 0 Å². The van der Waals surface area contributed by atoms with Crippen LogP contribution in [0.4, 0.5) is 0 Å². The molecule has 4 fully saturated rings. The van der Waals surface area contributed by atoms with Crippen molar-refractivity contribution in [1.29, 1.82) is 0 Å². The summed E-state index contributed by atoms with van der Waals surface area (Å²) in [5.74, 6) is 6.48. The zero-order valence-corrected chi connectivity index (χ0v) is 11.2. The van der Waals surface area contributed by atoms with E-state index in [1.165, 1.54) is 6.42 Å². The Bertz CT molecular complexity index is 225. The van der Waals surface area contributed by atoms with Gasteiger partial charge in [0, 0.05) is 11.8 Å². The van der Waals surface area contributed by atoms with E-state index in [-0.39, 0.29) is 0 Å². The van der Waals surface area contributed by atoms with E-state index >= 15 is 0 Å². The second kappa shape index (κ2) is 4.53. The van der Waals surface area contributed by atoms with Gasteiger partial charge in [0.2, 0.25) is 0 Å². The van der Waals surface area contributed by atoms with E-state index < -0.39 is 0 Å². The highest BCUT2D eigenvalue weighted by atomic mass is 32.2. The second-order valence-corrected chi connectivity index (χ2v) is 7.46. The molecular weight excluding hydrogens is 214 g/mol. The molecule has 92 valence electrons. The Morgan fingerprint density at radius 3 is 2.12 bits per heavy atom. The van der Waals surface area contributed by atoms with Crippen molar-refractivity contribution in [2.75, 3.05) is 12.0 Å². The quantitative estimate of drug-likeness (QED) is 0.815. The first-order valence-corrected chi connectivity index (χ1v) is 8.40. The van der Waals surface area contributed by atoms with Crippen LogP contribution in [0.15, 0.2) is 0 Å². The SMILES string of the molecule is CSCC(N)CC1C2CC3CC(C2)CC1C3. The van der Waals surface area contributed by atoms with Gasteiger partial charge >= 0.3 is 0 Å². The molecule has 1 nitrogen and oxygen atoms in total. The third-order valence-corrected chi connectivity index (χ3v) is 6.14. The molecule has 2 heteroatoms. The van der Waals surface area contributed by atoms with E-state index in [0.29, 0.717) is 6.04 Å². The van der Waals surface area contributed by atoms with Crippen molar-refractivity contribution in [3.05, 3.63) is 0 Å². The Morgan fingerprint density at radius 1 is 1.06 bits per heavy atom. The molecule has 1 unspecified atom stereocenters. The first kappa shape index (κ1) is 11.4. The van der Waals surface area contributed by atoms with E-state index in [2.05, 4.69) is 6.26 Å². The molecule has 2 N–H and O–H groups in total. The Hall–Kier alpha value is 0.310. The molecule has 4 aliphatic carbocycles. The Labute approximate surface area is 104 Å². The van der Waals surface area contributed by atoms with Gasteiger partial charge in [0.15, 0.2) is 0 Å².